The Hall–Kier alpha value is 0.844. The molecule has 0 rings (SSSR count). The Morgan fingerprint density at radius 1 is 0.800 bits per heavy atom. The Morgan fingerprint density at radius 3 is 1.27 bits per heavy atom. The molecule has 0 bridgehead atoms. The van der Waals surface area contributed by atoms with Crippen LogP contribution in [-0.2, 0) is 0 Å². The fourth-order valence-corrected chi connectivity index (χ4v) is 4.36. The van der Waals surface area contributed by atoms with E-state index in [1.54, 1.807) is 11.8 Å². The van der Waals surface area contributed by atoms with Gasteiger partial charge in [-0.2, -0.15) is 0 Å². The third-order valence-electron chi connectivity index (χ3n) is 1.78. The predicted octanol–water partition coefficient (Wildman–Crippen LogP) is 5.63. The van der Waals surface area contributed by atoms with Crippen molar-refractivity contribution in [3.8, 4) is 0 Å². The number of rotatable bonds is 4. The summed E-state index contributed by atoms with van der Waals surface area (Å²) in [5.74, 6) is 0. The minimum atomic E-state index is -1.33. The van der Waals surface area contributed by atoms with E-state index in [4.69, 9.17) is 23.2 Å². The van der Waals surface area contributed by atoms with Gasteiger partial charge in [0.25, 0.3) is 0 Å². The molecule has 15 heavy (non-hydrogen) atoms. The van der Waals surface area contributed by atoms with Gasteiger partial charge >= 0.3 is 0 Å². The van der Waals surface area contributed by atoms with Gasteiger partial charge in [0.15, 0.2) is 0 Å². The van der Waals surface area contributed by atoms with E-state index in [1.165, 1.54) is 0 Å². The van der Waals surface area contributed by atoms with Gasteiger partial charge in [0.2, 0.25) is 0 Å². The molecular formula is C10H20Cl2SSi2. The summed E-state index contributed by atoms with van der Waals surface area (Å²) in [7, 11) is -2.67. The largest absolute Gasteiger partial charge is 0.104 e. The van der Waals surface area contributed by atoms with Crippen LogP contribution >= 0.6 is 35.0 Å². The van der Waals surface area contributed by atoms with Crippen molar-refractivity contribution in [2.75, 3.05) is 0 Å². The highest BCUT2D eigenvalue weighted by atomic mass is 35.5. The summed E-state index contributed by atoms with van der Waals surface area (Å²) < 4.78 is 2.01. The van der Waals surface area contributed by atoms with E-state index in [2.05, 4.69) is 39.3 Å². The van der Waals surface area contributed by atoms with Crippen molar-refractivity contribution >= 4 is 51.1 Å². The molecule has 0 N–H and O–H groups in total. The van der Waals surface area contributed by atoms with E-state index in [0.717, 1.165) is 9.31 Å². The molecule has 0 spiro atoms. The first-order chi connectivity index (χ1) is 6.55. The standard InChI is InChI=1S/C10H20Cl2SSi2/c1-14(2,3)9(11)7-13-8-10(12)15(4,5)6/h7-8H,1-6H3/b9-7-,10-8?. The van der Waals surface area contributed by atoms with E-state index in [1.807, 2.05) is 10.8 Å². The van der Waals surface area contributed by atoms with Gasteiger partial charge in [0.1, 0.15) is 0 Å². The molecule has 0 aromatic heterocycles. The molecule has 0 atom stereocenters. The van der Waals surface area contributed by atoms with Gasteiger partial charge in [-0.05, 0) is 10.8 Å². The van der Waals surface area contributed by atoms with Gasteiger partial charge in [-0.15, -0.1) is 11.8 Å². The quantitative estimate of drug-likeness (QED) is 0.606. The molecule has 0 unspecified atom stereocenters. The van der Waals surface area contributed by atoms with Gasteiger partial charge in [-0.3, -0.25) is 0 Å². The van der Waals surface area contributed by atoms with Gasteiger partial charge in [0.05, 0.1) is 16.1 Å². The topological polar surface area (TPSA) is 0 Å². The Balaban J connectivity index is 4.44. The fourth-order valence-electron chi connectivity index (χ4n) is 0.507. The van der Waals surface area contributed by atoms with Crippen LogP contribution in [0.25, 0.3) is 0 Å². The van der Waals surface area contributed by atoms with Crippen LogP contribution in [-0.4, -0.2) is 16.1 Å². The van der Waals surface area contributed by atoms with E-state index in [0.29, 0.717) is 0 Å². The van der Waals surface area contributed by atoms with Crippen molar-refractivity contribution in [2.45, 2.75) is 39.3 Å². The van der Waals surface area contributed by atoms with Gasteiger partial charge in [0, 0.05) is 9.31 Å². The molecular weight excluding hydrogens is 279 g/mol. The van der Waals surface area contributed by atoms with Gasteiger partial charge < -0.3 is 0 Å². The summed E-state index contributed by atoms with van der Waals surface area (Å²) >= 11 is 14.0. The Morgan fingerprint density at radius 2 is 1.07 bits per heavy atom. The van der Waals surface area contributed by atoms with E-state index >= 15 is 0 Å². The highest BCUT2D eigenvalue weighted by Gasteiger charge is 2.19. The third-order valence-corrected chi connectivity index (χ3v) is 9.97. The number of hydrogen-bond acceptors (Lipinski definition) is 1. The van der Waals surface area contributed by atoms with Crippen molar-refractivity contribution < 1.29 is 0 Å². The molecule has 88 valence electrons. The molecule has 0 saturated carbocycles. The maximum absolute atomic E-state index is 6.20. The van der Waals surface area contributed by atoms with Crippen molar-refractivity contribution in [1.29, 1.82) is 0 Å². The number of hydrogen-bond donors (Lipinski definition) is 0. The van der Waals surface area contributed by atoms with Crippen molar-refractivity contribution in [2.24, 2.45) is 0 Å². The maximum atomic E-state index is 6.20. The summed E-state index contributed by atoms with van der Waals surface area (Å²) in [5.41, 5.74) is 0. The number of halogens is 2. The Labute approximate surface area is 110 Å². The lowest BCUT2D eigenvalue weighted by molar-refractivity contribution is 1.75. The zero-order chi connectivity index (χ0) is 12.3. The summed E-state index contributed by atoms with van der Waals surface area (Å²) in [5, 5.41) is 4.05. The molecule has 0 aliphatic heterocycles. The second kappa shape index (κ2) is 5.96. The lowest BCUT2D eigenvalue weighted by Crippen LogP contribution is -2.20. The molecule has 5 heteroatoms. The van der Waals surface area contributed by atoms with E-state index in [-0.39, 0.29) is 0 Å². The first kappa shape index (κ1) is 15.8. The lowest BCUT2D eigenvalue weighted by atomic mass is 11.2. The van der Waals surface area contributed by atoms with Gasteiger partial charge in [-0.25, -0.2) is 0 Å². The summed E-state index contributed by atoms with van der Waals surface area (Å²) in [6.45, 7) is 13.4. The molecule has 0 fully saturated rings. The molecule has 0 aromatic rings. The second-order valence-corrected chi connectivity index (χ2v) is 17.8. The predicted molar refractivity (Wildman–Crippen MR) is 82.2 cm³/mol. The monoisotopic (exact) mass is 298 g/mol. The Bertz CT molecular complexity index is 244. The van der Waals surface area contributed by atoms with Crippen LogP contribution in [0.4, 0.5) is 0 Å². The normalized spacial score (nSPS) is 15.7. The molecule has 0 nitrogen and oxygen atoms in total. The summed E-state index contributed by atoms with van der Waals surface area (Å²) in [4.78, 5) is 0. The minimum absolute atomic E-state index is 1.00. The molecule has 0 heterocycles. The highest BCUT2D eigenvalue weighted by molar-refractivity contribution is 8.05. The average molecular weight is 299 g/mol. The van der Waals surface area contributed by atoms with Crippen LogP contribution in [0.2, 0.25) is 39.3 Å². The highest BCUT2D eigenvalue weighted by Crippen LogP contribution is 2.26. The fraction of sp³-hybridized carbons (Fsp3) is 0.600. The van der Waals surface area contributed by atoms with Crippen LogP contribution in [0.15, 0.2) is 20.1 Å². The van der Waals surface area contributed by atoms with Crippen LogP contribution in [0.5, 0.6) is 0 Å². The summed E-state index contributed by atoms with van der Waals surface area (Å²) in [6, 6.07) is 0. The minimum Gasteiger partial charge on any atom is -0.104 e. The van der Waals surface area contributed by atoms with Crippen LogP contribution in [0.3, 0.4) is 0 Å². The Kier molecular flexibility index (Phi) is 6.30. The van der Waals surface area contributed by atoms with Crippen LogP contribution in [0.1, 0.15) is 0 Å². The first-order valence-electron chi connectivity index (χ1n) is 4.93. The van der Waals surface area contributed by atoms with Crippen molar-refractivity contribution in [1.82, 2.24) is 0 Å². The smallest absolute Gasteiger partial charge is 0.0929 e. The molecule has 0 saturated heterocycles. The zero-order valence-corrected chi connectivity index (χ0v) is 14.6. The van der Waals surface area contributed by atoms with Crippen molar-refractivity contribution in [3.05, 3.63) is 20.1 Å². The van der Waals surface area contributed by atoms with E-state index in [9.17, 15) is 0 Å². The molecule has 0 radical (unpaired) electrons. The molecule has 0 aliphatic carbocycles. The SMILES string of the molecule is C[Si](C)(C)C(Cl)=CS/C=C(/Cl)[Si](C)(C)C. The second-order valence-electron chi connectivity index (χ2n) is 5.57. The summed E-state index contributed by atoms with van der Waals surface area (Å²) in [6.07, 6.45) is 0. The zero-order valence-electron chi connectivity index (χ0n) is 10.3. The lowest BCUT2D eigenvalue weighted by Gasteiger charge is -2.15. The van der Waals surface area contributed by atoms with Crippen molar-refractivity contribution in [3.63, 3.8) is 0 Å². The average Bonchev–Trinajstić information content (AvgIpc) is 2.00. The third kappa shape index (κ3) is 6.90. The molecule has 0 aromatic carbocycles. The van der Waals surface area contributed by atoms with Gasteiger partial charge in [-0.1, -0.05) is 62.5 Å². The molecule has 0 aliphatic rings. The van der Waals surface area contributed by atoms with Crippen LogP contribution < -0.4 is 0 Å². The first-order valence-corrected chi connectivity index (χ1v) is 13.6. The van der Waals surface area contributed by atoms with E-state index < -0.39 is 16.1 Å². The maximum Gasteiger partial charge on any atom is 0.0929 e. The molecule has 0 amide bonds. The van der Waals surface area contributed by atoms with Crippen LogP contribution in [0, 0.1) is 0 Å². The number of thioether (sulfide) groups is 1.